The molecule has 1 heterocycles. The average Bonchev–Trinajstić information content (AvgIpc) is 3.06. The molecular formula is C17H10BrClN2O4. The molecule has 0 aliphatic carbocycles. The third kappa shape index (κ3) is 3.89. The fraction of sp³-hybridized carbons (Fsp3) is 0. The first-order valence-corrected chi connectivity index (χ1v) is 8.22. The zero-order valence-electron chi connectivity index (χ0n) is 12.5. The highest BCUT2D eigenvalue weighted by Gasteiger charge is 2.16. The highest BCUT2D eigenvalue weighted by atomic mass is 79.9. The first-order chi connectivity index (χ1) is 11.9. The second-order valence-electron chi connectivity index (χ2n) is 5.05. The zero-order valence-corrected chi connectivity index (χ0v) is 14.9. The third-order valence-corrected chi connectivity index (χ3v) is 4.20. The summed E-state index contributed by atoms with van der Waals surface area (Å²) in [6.07, 6.45) is 0. The molecule has 0 radical (unpaired) electrons. The number of benzene rings is 2. The van der Waals surface area contributed by atoms with Crippen LogP contribution < -0.4 is 5.32 Å². The minimum atomic E-state index is -0.533. The zero-order chi connectivity index (χ0) is 18.0. The van der Waals surface area contributed by atoms with Crippen molar-refractivity contribution in [1.29, 1.82) is 0 Å². The van der Waals surface area contributed by atoms with Crippen molar-refractivity contribution in [1.82, 2.24) is 0 Å². The van der Waals surface area contributed by atoms with E-state index in [0.717, 1.165) is 4.47 Å². The molecule has 1 aromatic heterocycles. The lowest BCUT2D eigenvalue weighted by molar-refractivity contribution is -0.384. The molecule has 0 aliphatic heterocycles. The number of halogens is 2. The molecule has 0 aliphatic rings. The van der Waals surface area contributed by atoms with Gasteiger partial charge in [-0.25, -0.2) is 0 Å². The largest absolute Gasteiger partial charge is 0.451 e. The summed E-state index contributed by atoms with van der Waals surface area (Å²) in [7, 11) is 0. The van der Waals surface area contributed by atoms with Crippen molar-refractivity contribution in [3.63, 3.8) is 0 Å². The number of nitrogens with one attached hydrogen (secondary N) is 1. The molecule has 3 rings (SSSR count). The maximum Gasteiger partial charge on any atom is 0.291 e. The van der Waals surface area contributed by atoms with E-state index in [1.807, 2.05) is 0 Å². The van der Waals surface area contributed by atoms with Crippen LogP contribution in [0.2, 0.25) is 5.02 Å². The fourth-order valence-electron chi connectivity index (χ4n) is 2.15. The van der Waals surface area contributed by atoms with Gasteiger partial charge >= 0.3 is 0 Å². The highest BCUT2D eigenvalue weighted by molar-refractivity contribution is 9.10. The van der Waals surface area contributed by atoms with Crippen molar-refractivity contribution in [3.05, 3.63) is 80.0 Å². The van der Waals surface area contributed by atoms with Gasteiger partial charge in [0.25, 0.3) is 11.6 Å². The van der Waals surface area contributed by atoms with Gasteiger partial charge in [0.1, 0.15) is 5.76 Å². The molecule has 25 heavy (non-hydrogen) atoms. The van der Waals surface area contributed by atoms with Crippen molar-refractivity contribution in [3.8, 4) is 11.3 Å². The number of hydrogen-bond donors (Lipinski definition) is 1. The first-order valence-electron chi connectivity index (χ1n) is 7.05. The fourth-order valence-corrected chi connectivity index (χ4v) is 2.68. The lowest BCUT2D eigenvalue weighted by atomic mass is 10.1. The van der Waals surface area contributed by atoms with Gasteiger partial charge in [0.05, 0.1) is 9.95 Å². The monoisotopic (exact) mass is 420 g/mol. The summed E-state index contributed by atoms with van der Waals surface area (Å²) in [5.41, 5.74) is 0.975. The normalized spacial score (nSPS) is 10.5. The molecule has 3 aromatic rings. The number of anilines is 1. The lowest BCUT2D eigenvalue weighted by Crippen LogP contribution is -2.10. The summed E-state index contributed by atoms with van der Waals surface area (Å²) < 4.78 is 6.43. The second-order valence-corrected chi connectivity index (χ2v) is 6.37. The predicted molar refractivity (Wildman–Crippen MR) is 97.9 cm³/mol. The molecule has 0 fully saturated rings. The average molecular weight is 422 g/mol. The van der Waals surface area contributed by atoms with Crippen LogP contribution in [0.3, 0.4) is 0 Å². The smallest absolute Gasteiger partial charge is 0.291 e. The molecule has 0 saturated carbocycles. The second kappa shape index (κ2) is 7.08. The lowest BCUT2D eigenvalue weighted by Gasteiger charge is -2.03. The number of nitrogens with zero attached hydrogens (tertiary/aromatic N) is 1. The van der Waals surface area contributed by atoms with E-state index in [1.54, 1.807) is 30.3 Å². The number of hydrogen-bond acceptors (Lipinski definition) is 4. The van der Waals surface area contributed by atoms with Crippen molar-refractivity contribution in [2.45, 2.75) is 0 Å². The molecule has 0 atom stereocenters. The van der Waals surface area contributed by atoms with Crippen LogP contribution in [0.1, 0.15) is 10.6 Å². The minimum Gasteiger partial charge on any atom is -0.451 e. The van der Waals surface area contributed by atoms with Gasteiger partial charge in [-0.1, -0.05) is 27.5 Å². The maximum atomic E-state index is 12.2. The number of nitro benzene ring substituents is 1. The maximum absolute atomic E-state index is 12.2. The predicted octanol–water partition coefficient (Wildman–Crippen LogP) is 5.52. The van der Waals surface area contributed by atoms with Crippen LogP contribution in [0.25, 0.3) is 11.3 Å². The Labute approximate surface area is 155 Å². The van der Waals surface area contributed by atoms with Gasteiger partial charge in [-0.05, 0) is 42.5 Å². The van der Waals surface area contributed by atoms with Crippen LogP contribution in [0, 0.1) is 10.1 Å². The summed E-state index contributed by atoms with van der Waals surface area (Å²) >= 11 is 9.39. The summed E-state index contributed by atoms with van der Waals surface area (Å²) in [6, 6.07) is 14.3. The van der Waals surface area contributed by atoms with Crippen LogP contribution in [-0.2, 0) is 0 Å². The Morgan fingerprint density at radius 2 is 1.84 bits per heavy atom. The van der Waals surface area contributed by atoms with E-state index in [2.05, 4.69) is 21.2 Å². The number of furan rings is 1. The van der Waals surface area contributed by atoms with E-state index in [1.165, 1.54) is 24.3 Å². The molecule has 6 nitrogen and oxygen atoms in total. The van der Waals surface area contributed by atoms with Crippen molar-refractivity contribution in [2.75, 3.05) is 5.32 Å². The third-order valence-electron chi connectivity index (χ3n) is 3.36. The number of non-ortho nitro benzene ring substituents is 1. The highest BCUT2D eigenvalue weighted by Crippen LogP contribution is 2.32. The molecule has 0 bridgehead atoms. The molecule has 0 spiro atoms. The van der Waals surface area contributed by atoms with Gasteiger partial charge in [-0.15, -0.1) is 0 Å². The first kappa shape index (κ1) is 17.2. The van der Waals surface area contributed by atoms with Crippen LogP contribution in [-0.4, -0.2) is 10.8 Å². The SMILES string of the molecule is O=C(Nc1ccc(Br)cc1)c1ccc(-c2ccc([N+](=O)[O-])cc2Cl)o1. The van der Waals surface area contributed by atoms with Gasteiger partial charge < -0.3 is 9.73 Å². The Morgan fingerprint density at radius 3 is 2.48 bits per heavy atom. The number of rotatable bonds is 4. The van der Waals surface area contributed by atoms with E-state index in [-0.39, 0.29) is 16.5 Å². The molecule has 126 valence electrons. The molecule has 8 heteroatoms. The minimum absolute atomic E-state index is 0.104. The van der Waals surface area contributed by atoms with Crippen molar-refractivity contribution >= 4 is 44.8 Å². The molecule has 0 saturated heterocycles. The van der Waals surface area contributed by atoms with Crippen LogP contribution in [0.5, 0.6) is 0 Å². The van der Waals surface area contributed by atoms with E-state index in [4.69, 9.17) is 16.0 Å². The summed E-state index contributed by atoms with van der Waals surface area (Å²) in [5, 5.41) is 13.6. The molecule has 2 aromatic carbocycles. The van der Waals surface area contributed by atoms with Gasteiger partial charge in [-0.2, -0.15) is 0 Å². The van der Waals surface area contributed by atoms with E-state index >= 15 is 0 Å². The Morgan fingerprint density at radius 1 is 1.12 bits per heavy atom. The summed E-state index contributed by atoms with van der Waals surface area (Å²) in [5.74, 6) is 0.0415. The molecule has 1 N–H and O–H groups in total. The van der Waals surface area contributed by atoms with Crippen LogP contribution in [0.4, 0.5) is 11.4 Å². The topological polar surface area (TPSA) is 85.4 Å². The quantitative estimate of drug-likeness (QED) is 0.444. The summed E-state index contributed by atoms with van der Waals surface area (Å²) in [4.78, 5) is 22.5. The van der Waals surface area contributed by atoms with E-state index < -0.39 is 10.8 Å². The molecule has 1 amide bonds. The Kier molecular flexibility index (Phi) is 4.87. The Hall–Kier alpha value is -2.64. The van der Waals surface area contributed by atoms with Gasteiger partial charge in [0, 0.05) is 27.9 Å². The van der Waals surface area contributed by atoms with Crippen LogP contribution >= 0.6 is 27.5 Å². The number of amides is 1. The summed E-state index contributed by atoms with van der Waals surface area (Å²) in [6.45, 7) is 0. The molecular weight excluding hydrogens is 412 g/mol. The van der Waals surface area contributed by atoms with E-state index in [0.29, 0.717) is 17.0 Å². The number of nitro groups is 1. The van der Waals surface area contributed by atoms with E-state index in [9.17, 15) is 14.9 Å². The standard InChI is InChI=1S/C17H10BrClN2O4/c18-10-1-3-11(4-2-10)20-17(22)16-8-7-15(25-16)13-6-5-12(21(23)24)9-14(13)19/h1-9H,(H,20,22). The van der Waals surface area contributed by atoms with Gasteiger partial charge in [-0.3, -0.25) is 14.9 Å². The Bertz CT molecular complexity index is 954. The van der Waals surface area contributed by atoms with Gasteiger partial charge in [0.2, 0.25) is 0 Å². The van der Waals surface area contributed by atoms with Crippen molar-refractivity contribution < 1.29 is 14.1 Å². The molecule has 0 unspecified atom stereocenters. The Balaban J connectivity index is 1.81. The number of carbonyl (C=O) groups is 1. The van der Waals surface area contributed by atoms with Crippen LogP contribution in [0.15, 0.2) is 63.5 Å². The van der Waals surface area contributed by atoms with Gasteiger partial charge in [0.15, 0.2) is 5.76 Å². The van der Waals surface area contributed by atoms with Crippen molar-refractivity contribution in [2.24, 2.45) is 0 Å². The number of carbonyl (C=O) groups excluding carboxylic acids is 1.